The summed E-state index contributed by atoms with van der Waals surface area (Å²) in [5.41, 5.74) is 1.96. The summed E-state index contributed by atoms with van der Waals surface area (Å²) in [5.74, 6) is 1.63. The highest BCUT2D eigenvalue weighted by Gasteiger charge is 2.20. The molecule has 0 spiro atoms. The number of aliphatic hydroxyl groups excluding tert-OH is 1. The summed E-state index contributed by atoms with van der Waals surface area (Å²) in [5, 5.41) is 10.2. The Kier molecular flexibility index (Phi) is 6.21. The molecule has 1 unspecified atom stereocenters. The van der Waals surface area contributed by atoms with Gasteiger partial charge in [0.15, 0.2) is 11.5 Å². The Bertz CT molecular complexity index is 1320. The molecular weight excluding hydrogens is 444 g/mol. The minimum atomic E-state index is -3.64. The van der Waals surface area contributed by atoms with Crippen molar-refractivity contribution in [3.05, 3.63) is 78.4 Å². The number of aliphatic hydroxyl groups is 1. The number of allylic oxidation sites excluding steroid dienone is 2. The van der Waals surface area contributed by atoms with Crippen LogP contribution in [0.25, 0.3) is 11.4 Å². The molecular formula is C23H24N4O5S. The van der Waals surface area contributed by atoms with Gasteiger partial charge in [-0.3, -0.25) is 0 Å². The SMILES string of the molecule is COc1ccc(CN2C=C(c3cc(-n4cccc4)nc(S(C)(=O)=O)n3)C=CC2O)cc1OC. The lowest BCUT2D eigenvalue weighted by molar-refractivity contribution is 0.0729. The molecule has 1 N–H and O–H groups in total. The topological polar surface area (TPSA) is 107 Å². The van der Waals surface area contributed by atoms with E-state index in [9.17, 15) is 13.5 Å². The molecule has 33 heavy (non-hydrogen) atoms. The summed E-state index contributed by atoms with van der Waals surface area (Å²) in [4.78, 5) is 10.2. The molecule has 0 bridgehead atoms. The molecule has 3 aromatic rings. The standard InChI is InChI=1S/C23H24N4O5S/c1-31-19-8-6-16(12-20(19)32-2)14-27-15-17(7-9-22(27)28)18-13-21(26-10-4-5-11-26)25-23(24-18)33(3,29)30/h4-13,15,22,28H,14H2,1-3H3. The number of benzene rings is 1. The van der Waals surface area contributed by atoms with Crippen LogP contribution in [0.4, 0.5) is 0 Å². The highest BCUT2D eigenvalue weighted by molar-refractivity contribution is 7.90. The fraction of sp³-hybridized carbons (Fsp3) is 0.217. The van der Waals surface area contributed by atoms with Crippen LogP contribution in [0.1, 0.15) is 11.3 Å². The van der Waals surface area contributed by atoms with E-state index in [1.165, 1.54) is 0 Å². The lowest BCUT2D eigenvalue weighted by Gasteiger charge is -2.28. The molecule has 0 aliphatic carbocycles. The first kappa shape index (κ1) is 22.6. The highest BCUT2D eigenvalue weighted by Crippen LogP contribution is 2.30. The van der Waals surface area contributed by atoms with Crippen LogP contribution in [0, 0.1) is 0 Å². The third-order valence-corrected chi connectivity index (χ3v) is 5.94. The van der Waals surface area contributed by atoms with E-state index >= 15 is 0 Å². The number of sulfone groups is 1. The molecule has 1 atom stereocenters. The van der Waals surface area contributed by atoms with Gasteiger partial charge in [-0.2, -0.15) is 0 Å². The molecule has 2 aromatic heterocycles. The Labute approximate surface area is 192 Å². The van der Waals surface area contributed by atoms with E-state index in [4.69, 9.17) is 9.47 Å². The number of methoxy groups -OCH3 is 2. The van der Waals surface area contributed by atoms with Gasteiger partial charge in [0.2, 0.25) is 15.0 Å². The first-order valence-corrected chi connectivity index (χ1v) is 12.0. The molecule has 9 nitrogen and oxygen atoms in total. The average Bonchev–Trinajstić information content (AvgIpc) is 3.34. The van der Waals surface area contributed by atoms with E-state index in [0.29, 0.717) is 35.1 Å². The second-order valence-electron chi connectivity index (χ2n) is 7.48. The molecule has 1 aliphatic heterocycles. The summed E-state index contributed by atoms with van der Waals surface area (Å²) in [6.45, 7) is 0.379. The second-order valence-corrected chi connectivity index (χ2v) is 9.38. The zero-order chi connectivity index (χ0) is 23.6. The number of aromatic nitrogens is 3. The van der Waals surface area contributed by atoms with Gasteiger partial charge in [0.1, 0.15) is 12.0 Å². The molecule has 1 aliphatic rings. The van der Waals surface area contributed by atoms with Crippen molar-refractivity contribution in [2.24, 2.45) is 0 Å². The minimum Gasteiger partial charge on any atom is -0.493 e. The van der Waals surface area contributed by atoms with Crippen LogP contribution >= 0.6 is 0 Å². The van der Waals surface area contributed by atoms with Crippen molar-refractivity contribution in [2.45, 2.75) is 17.9 Å². The van der Waals surface area contributed by atoms with Crippen LogP contribution in [-0.4, -0.2) is 59.7 Å². The van der Waals surface area contributed by atoms with Gasteiger partial charge in [0.05, 0.1) is 19.9 Å². The van der Waals surface area contributed by atoms with Crippen molar-refractivity contribution in [2.75, 3.05) is 20.5 Å². The summed E-state index contributed by atoms with van der Waals surface area (Å²) in [7, 11) is -0.506. The van der Waals surface area contributed by atoms with Crippen LogP contribution < -0.4 is 9.47 Å². The lowest BCUT2D eigenvalue weighted by atomic mass is 10.1. The van der Waals surface area contributed by atoms with Gasteiger partial charge in [-0.05, 0) is 35.9 Å². The van der Waals surface area contributed by atoms with Crippen molar-refractivity contribution in [1.29, 1.82) is 0 Å². The Morgan fingerprint density at radius 3 is 2.45 bits per heavy atom. The molecule has 0 saturated carbocycles. The fourth-order valence-corrected chi connectivity index (χ4v) is 3.95. The molecule has 1 aromatic carbocycles. The molecule has 0 amide bonds. The van der Waals surface area contributed by atoms with Crippen LogP contribution in [0.2, 0.25) is 0 Å². The number of rotatable bonds is 7. The zero-order valence-corrected chi connectivity index (χ0v) is 19.2. The van der Waals surface area contributed by atoms with Crippen LogP contribution in [-0.2, 0) is 16.4 Å². The summed E-state index contributed by atoms with van der Waals surface area (Å²) in [6, 6.07) is 10.9. The molecule has 0 radical (unpaired) electrons. The van der Waals surface area contributed by atoms with Crippen LogP contribution in [0.5, 0.6) is 11.5 Å². The number of ether oxygens (including phenoxy) is 2. The predicted octanol–water partition coefficient (Wildman–Crippen LogP) is 2.42. The van der Waals surface area contributed by atoms with Gasteiger partial charge in [0, 0.05) is 43.0 Å². The summed E-state index contributed by atoms with van der Waals surface area (Å²) >= 11 is 0. The molecule has 4 rings (SSSR count). The smallest absolute Gasteiger partial charge is 0.249 e. The normalized spacial score (nSPS) is 15.9. The number of hydrogen-bond acceptors (Lipinski definition) is 8. The number of hydrogen-bond donors (Lipinski definition) is 1. The minimum absolute atomic E-state index is 0.268. The lowest BCUT2D eigenvalue weighted by Crippen LogP contribution is -2.30. The van der Waals surface area contributed by atoms with Gasteiger partial charge >= 0.3 is 0 Å². The van der Waals surface area contributed by atoms with Gasteiger partial charge in [-0.15, -0.1) is 0 Å². The molecule has 3 heterocycles. The van der Waals surface area contributed by atoms with Crippen LogP contribution in [0.3, 0.4) is 0 Å². The first-order valence-electron chi connectivity index (χ1n) is 10.1. The molecule has 0 saturated heterocycles. The first-order chi connectivity index (χ1) is 15.8. The predicted molar refractivity (Wildman–Crippen MR) is 123 cm³/mol. The van der Waals surface area contributed by atoms with E-state index in [1.54, 1.807) is 66.6 Å². The van der Waals surface area contributed by atoms with Gasteiger partial charge in [-0.25, -0.2) is 18.4 Å². The van der Waals surface area contributed by atoms with E-state index in [2.05, 4.69) is 9.97 Å². The van der Waals surface area contributed by atoms with Crippen LogP contribution in [0.15, 0.2) is 72.3 Å². The van der Waals surface area contributed by atoms with E-state index in [1.807, 2.05) is 24.3 Å². The second kappa shape index (κ2) is 9.08. The maximum absolute atomic E-state index is 12.2. The third-order valence-electron chi connectivity index (χ3n) is 5.09. The third kappa shape index (κ3) is 4.91. The largest absolute Gasteiger partial charge is 0.493 e. The Morgan fingerprint density at radius 1 is 1.06 bits per heavy atom. The van der Waals surface area contributed by atoms with Crippen molar-refractivity contribution < 1.29 is 23.0 Å². The summed E-state index contributed by atoms with van der Waals surface area (Å²) < 4.78 is 36.8. The quantitative estimate of drug-likeness (QED) is 0.527. The number of nitrogens with zero attached hydrogens (tertiary/aromatic N) is 4. The zero-order valence-electron chi connectivity index (χ0n) is 18.4. The Morgan fingerprint density at radius 2 is 1.79 bits per heavy atom. The summed E-state index contributed by atoms with van der Waals surface area (Å²) in [6.07, 6.45) is 8.84. The molecule has 10 heteroatoms. The van der Waals surface area contributed by atoms with Crippen molar-refractivity contribution in [3.8, 4) is 17.3 Å². The van der Waals surface area contributed by atoms with E-state index in [0.717, 1.165) is 11.8 Å². The maximum Gasteiger partial charge on any atom is 0.249 e. The van der Waals surface area contributed by atoms with Crippen molar-refractivity contribution in [3.63, 3.8) is 0 Å². The van der Waals surface area contributed by atoms with Gasteiger partial charge in [0.25, 0.3) is 0 Å². The van der Waals surface area contributed by atoms with Gasteiger partial charge in [-0.1, -0.05) is 12.1 Å². The van der Waals surface area contributed by atoms with Crippen molar-refractivity contribution in [1.82, 2.24) is 19.4 Å². The van der Waals surface area contributed by atoms with E-state index in [-0.39, 0.29) is 5.16 Å². The van der Waals surface area contributed by atoms with Crippen molar-refractivity contribution >= 4 is 15.4 Å². The van der Waals surface area contributed by atoms with Gasteiger partial charge < -0.3 is 24.0 Å². The Balaban J connectivity index is 1.71. The molecule has 0 fully saturated rings. The van der Waals surface area contributed by atoms with E-state index < -0.39 is 16.1 Å². The maximum atomic E-state index is 12.2. The highest BCUT2D eigenvalue weighted by atomic mass is 32.2. The monoisotopic (exact) mass is 468 g/mol. The fourth-order valence-electron chi connectivity index (χ4n) is 3.42. The Hall–Kier alpha value is -3.63. The molecule has 172 valence electrons. The average molecular weight is 469 g/mol.